The van der Waals surface area contributed by atoms with Crippen molar-refractivity contribution < 1.29 is 51.4 Å². The number of fused-ring (bicyclic) bond motifs is 7. The molecule has 1 aromatic heterocycles. The van der Waals surface area contributed by atoms with Crippen LogP contribution in [-0.2, 0) is 32.0 Å². The molecule has 0 saturated carbocycles. The van der Waals surface area contributed by atoms with Crippen molar-refractivity contribution in [3.8, 4) is 16.9 Å². The van der Waals surface area contributed by atoms with Gasteiger partial charge in [0.25, 0.3) is 0 Å². The van der Waals surface area contributed by atoms with E-state index in [1.54, 1.807) is 0 Å². The van der Waals surface area contributed by atoms with Crippen molar-refractivity contribution in [2.45, 2.75) is 81.3 Å². The highest BCUT2D eigenvalue weighted by atomic mass is 19.4. The van der Waals surface area contributed by atoms with Gasteiger partial charge in [0.05, 0.1) is 31.4 Å². The average molecular weight is 905 g/mol. The number of pyridine rings is 1. The lowest BCUT2D eigenvalue weighted by Crippen LogP contribution is -2.60. The number of alkyl halides is 3. The van der Waals surface area contributed by atoms with Crippen LogP contribution in [0, 0.1) is 0 Å². The van der Waals surface area contributed by atoms with Crippen LogP contribution >= 0.6 is 0 Å². The zero-order chi connectivity index (χ0) is 46.3. The number of hydrogen-bond donors (Lipinski definition) is 5. The number of H-pyrrole nitrogens is 1. The molecule has 4 heterocycles. The van der Waals surface area contributed by atoms with Gasteiger partial charge in [-0.15, -0.1) is 0 Å². The lowest BCUT2D eigenvalue weighted by Gasteiger charge is -2.45. The molecule has 3 aliphatic rings. The van der Waals surface area contributed by atoms with Crippen molar-refractivity contribution >= 4 is 51.0 Å². The van der Waals surface area contributed by atoms with Crippen LogP contribution in [0.15, 0.2) is 114 Å². The van der Waals surface area contributed by atoms with E-state index in [1.807, 2.05) is 78.9 Å². The van der Waals surface area contributed by atoms with Crippen molar-refractivity contribution in [2.24, 2.45) is 0 Å². The summed E-state index contributed by atoms with van der Waals surface area (Å²) >= 11 is 0. The highest BCUT2D eigenvalue weighted by Crippen LogP contribution is 2.51. The summed E-state index contributed by atoms with van der Waals surface area (Å²) in [7, 11) is 4.49. The molecule has 342 valence electrons. The maximum Gasteiger partial charge on any atom is 0.491 e. The molecule has 6 atom stereocenters. The molecule has 66 heavy (non-hydrogen) atoms. The summed E-state index contributed by atoms with van der Waals surface area (Å²) in [6.45, 7) is 0.430. The van der Waals surface area contributed by atoms with Gasteiger partial charge in [0, 0.05) is 55.1 Å². The average Bonchev–Trinajstić information content (AvgIpc) is 4.06. The first-order valence-corrected chi connectivity index (χ1v) is 21.9. The summed E-state index contributed by atoms with van der Waals surface area (Å²) < 4.78 is 55.8. The minimum Gasteiger partial charge on any atom is -0.445 e. The SMILES string of the molecule is C[N+]1(C)[C@@H]2CC(OC(=O)Nc3ccc(CCCC(=O)Nc4ccc5cc(CNC[C@H](O)c6ccc(OC(=O)C(F)(F)F)c7[nH]c(=O)ccc67)ccc5c4)cc3-c3ccccc3)C[C@H]1[C@@H]1O[C@@H]12. The number of rotatable bonds is 14. The number of morpholine rings is 1. The normalized spacial score (nSPS) is 20.9. The number of likely N-dealkylation sites (N-methyl/N-ethyl adjacent to an activating group) is 1. The van der Waals surface area contributed by atoms with Gasteiger partial charge in [-0.1, -0.05) is 60.7 Å². The van der Waals surface area contributed by atoms with Gasteiger partial charge in [0.15, 0.2) is 5.75 Å². The Hall–Kier alpha value is -6.59. The summed E-state index contributed by atoms with van der Waals surface area (Å²) in [5, 5.41) is 22.3. The number of aryl methyl sites for hydroxylation is 1. The number of carbonyl (C=O) groups is 3. The predicted octanol–water partition coefficient (Wildman–Crippen LogP) is 7.91. The van der Waals surface area contributed by atoms with Crippen molar-refractivity contribution in [1.29, 1.82) is 0 Å². The van der Waals surface area contributed by atoms with Gasteiger partial charge in [0.1, 0.15) is 30.4 Å². The van der Waals surface area contributed by atoms with Crippen molar-refractivity contribution in [3.05, 3.63) is 136 Å². The first-order chi connectivity index (χ1) is 31.6. The third-order valence-electron chi connectivity index (χ3n) is 13.1. The molecule has 13 nitrogen and oxygen atoms in total. The van der Waals surface area contributed by atoms with Crippen LogP contribution in [-0.4, -0.2) is 89.8 Å². The number of esters is 1. The van der Waals surface area contributed by atoms with E-state index in [-0.39, 0.29) is 41.7 Å². The third-order valence-corrected chi connectivity index (χ3v) is 13.1. The molecule has 5 N–H and O–H groups in total. The second-order valence-corrected chi connectivity index (χ2v) is 17.8. The first kappa shape index (κ1) is 44.6. The van der Waals surface area contributed by atoms with E-state index in [0.717, 1.165) is 62.5 Å². The van der Waals surface area contributed by atoms with Crippen LogP contribution < -0.4 is 26.2 Å². The summed E-state index contributed by atoms with van der Waals surface area (Å²) in [5.74, 6) is -3.04. The fourth-order valence-corrected chi connectivity index (χ4v) is 9.71. The van der Waals surface area contributed by atoms with Crippen molar-refractivity contribution in [3.63, 3.8) is 0 Å². The third kappa shape index (κ3) is 9.54. The van der Waals surface area contributed by atoms with E-state index in [2.05, 4.69) is 45.8 Å². The molecule has 2 bridgehead atoms. The molecule has 9 rings (SSSR count). The molecule has 0 aliphatic carbocycles. The second kappa shape index (κ2) is 18.0. The van der Waals surface area contributed by atoms with E-state index in [4.69, 9.17) is 9.47 Å². The quantitative estimate of drug-likeness (QED) is 0.0316. The van der Waals surface area contributed by atoms with Gasteiger partial charge < -0.3 is 39.4 Å². The number of aliphatic hydroxyl groups excluding tert-OH is 1. The van der Waals surface area contributed by atoms with Crippen LogP contribution in [0.5, 0.6) is 5.75 Å². The van der Waals surface area contributed by atoms with E-state index < -0.39 is 35.7 Å². The number of epoxide rings is 1. The number of ether oxygens (including phenoxy) is 3. The minimum absolute atomic E-state index is 0.0586. The predicted molar refractivity (Wildman–Crippen MR) is 242 cm³/mol. The minimum atomic E-state index is -5.24. The van der Waals surface area contributed by atoms with Gasteiger partial charge >= 0.3 is 18.2 Å². The molecule has 6 aromatic rings. The second-order valence-electron chi connectivity index (χ2n) is 17.8. The molecule has 2 amide bonds. The lowest BCUT2D eigenvalue weighted by atomic mass is 9.96. The number of carbonyl (C=O) groups excluding carboxylic acids is 3. The fourth-order valence-electron chi connectivity index (χ4n) is 9.71. The topological polar surface area (TPSA) is 171 Å². The summed E-state index contributed by atoms with van der Waals surface area (Å²) in [6, 6.07) is 32.9. The summed E-state index contributed by atoms with van der Waals surface area (Å²) in [4.78, 5) is 52.2. The smallest absolute Gasteiger partial charge is 0.445 e. The Labute approximate surface area is 377 Å². The van der Waals surface area contributed by atoms with E-state index >= 15 is 0 Å². The lowest BCUT2D eigenvalue weighted by molar-refractivity contribution is -0.938. The van der Waals surface area contributed by atoms with Gasteiger partial charge in [0.2, 0.25) is 11.5 Å². The largest absolute Gasteiger partial charge is 0.491 e. The highest BCUT2D eigenvalue weighted by molar-refractivity contribution is 5.95. The van der Waals surface area contributed by atoms with Crippen LogP contribution in [0.1, 0.15) is 48.5 Å². The molecule has 5 aromatic carbocycles. The van der Waals surface area contributed by atoms with Crippen LogP contribution in [0.3, 0.4) is 0 Å². The van der Waals surface area contributed by atoms with Crippen molar-refractivity contribution in [1.82, 2.24) is 10.3 Å². The van der Waals surface area contributed by atoms with Crippen LogP contribution in [0.25, 0.3) is 32.8 Å². The summed E-state index contributed by atoms with van der Waals surface area (Å²) in [6.07, 6.45) is -3.31. The molecule has 16 heteroatoms. The number of nitrogens with one attached hydrogen (secondary N) is 4. The number of aliphatic hydroxyl groups is 1. The molecule has 3 aliphatic heterocycles. The van der Waals surface area contributed by atoms with Crippen LogP contribution in [0.2, 0.25) is 0 Å². The van der Waals surface area contributed by atoms with Gasteiger partial charge in [-0.3, -0.25) is 14.9 Å². The molecule has 3 saturated heterocycles. The molecule has 0 radical (unpaired) electrons. The van der Waals surface area contributed by atoms with Gasteiger partial charge in [-0.25, -0.2) is 9.59 Å². The number of amides is 2. The number of benzene rings is 5. The van der Waals surface area contributed by atoms with Gasteiger partial charge in [-0.05, 0) is 88.3 Å². The monoisotopic (exact) mass is 904 g/mol. The van der Waals surface area contributed by atoms with E-state index in [1.165, 1.54) is 12.1 Å². The van der Waals surface area contributed by atoms with E-state index in [9.17, 15) is 37.5 Å². The molecule has 3 fully saturated rings. The first-order valence-electron chi connectivity index (χ1n) is 21.9. The number of hydrogen-bond acceptors (Lipinski definition) is 9. The molecular formula is C50H49F3N5O8+. The summed E-state index contributed by atoms with van der Waals surface area (Å²) in [5.41, 5.74) is 4.64. The standard InChI is InChI=1S/C50H48F3N5O8/c1-58(2)39-24-34(25-40(58)47-46(39)66-47)64-49(63)56-38-18-12-28(22-37(38)30-8-4-3-5-9-30)7-6-10-43(60)55-33-15-14-31-21-29(11-13-32(31)23-33)26-54-27-41(59)35-16-19-42(65-48(62)50(51,52)53)45-36(35)17-20-44(61)57-45/h3-5,8-9,11-23,34,39-41,46-47,54,59H,6-7,10,24-27H2,1-2H3,(H2-,55,56,57,60,61,63)/p+1/t34?,39-,40+,41-,46-,47+/m0/s1. The fraction of sp³-hybridized carbons (Fsp3) is 0.320. The van der Waals surface area contributed by atoms with E-state index in [0.29, 0.717) is 54.8 Å². The van der Waals surface area contributed by atoms with Crippen molar-refractivity contribution in [2.75, 3.05) is 31.3 Å². The molecular weight excluding hydrogens is 856 g/mol. The maximum atomic E-state index is 13.2. The number of aromatic amines is 1. The molecule has 0 spiro atoms. The zero-order valence-corrected chi connectivity index (χ0v) is 36.2. The number of quaternary nitrogens is 1. The molecule has 1 unspecified atom stereocenters. The number of nitrogens with zero attached hydrogens (tertiary/aromatic N) is 1. The number of aromatic nitrogens is 1. The zero-order valence-electron chi connectivity index (χ0n) is 36.2. The Morgan fingerprint density at radius 3 is 2.35 bits per heavy atom. The van der Waals surface area contributed by atoms with Gasteiger partial charge in [-0.2, -0.15) is 13.2 Å². The highest BCUT2D eigenvalue weighted by Gasteiger charge is 2.70. The number of halogens is 3. The maximum absolute atomic E-state index is 13.2. The number of anilines is 2. The Morgan fingerprint density at radius 1 is 0.864 bits per heavy atom. The Morgan fingerprint density at radius 2 is 1.59 bits per heavy atom. The Balaban J connectivity index is 0.763. The Kier molecular flexibility index (Phi) is 12.2. The Bertz CT molecular complexity index is 2870. The number of piperidine rings is 1. The van der Waals surface area contributed by atoms with Crippen LogP contribution in [0.4, 0.5) is 29.3 Å².